The first-order valence-electron chi connectivity index (χ1n) is 4.96. The molecule has 0 radical (unpaired) electrons. The molecule has 0 atom stereocenters. The van der Waals surface area contributed by atoms with Crippen LogP contribution < -0.4 is 5.32 Å². The standard InChI is InChI=1S/C12H9ClF2N2/c13-12-11(5-2-6-16-12)17-7-8-9(14)3-1-4-10(8)15/h1-6,17H,7H2. The van der Waals surface area contributed by atoms with Crippen LogP contribution in [0.15, 0.2) is 36.5 Å². The van der Waals surface area contributed by atoms with E-state index in [0.717, 1.165) is 0 Å². The van der Waals surface area contributed by atoms with Crippen molar-refractivity contribution < 1.29 is 8.78 Å². The van der Waals surface area contributed by atoms with E-state index in [2.05, 4.69) is 10.3 Å². The Morgan fingerprint density at radius 3 is 2.47 bits per heavy atom. The van der Waals surface area contributed by atoms with Gasteiger partial charge < -0.3 is 5.32 Å². The van der Waals surface area contributed by atoms with E-state index in [1.54, 1.807) is 12.1 Å². The number of anilines is 1. The van der Waals surface area contributed by atoms with Gasteiger partial charge in [0.15, 0.2) is 5.15 Å². The third-order valence-corrected chi connectivity index (χ3v) is 2.58. The smallest absolute Gasteiger partial charge is 0.152 e. The summed E-state index contributed by atoms with van der Waals surface area (Å²) in [5.41, 5.74) is 0.518. The Bertz CT molecular complexity index is 511. The molecular formula is C12H9ClF2N2. The molecule has 0 unspecified atom stereocenters. The zero-order valence-electron chi connectivity index (χ0n) is 8.75. The zero-order chi connectivity index (χ0) is 12.3. The number of hydrogen-bond acceptors (Lipinski definition) is 2. The van der Waals surface area contributed by atoms with Crippen molar-refractivity contribution in [3.8, 4) is 0 Å². The van der Waals surface area contributed by atoms with Gasteiger partial charge in [0.1, 0.15) is 11.6 Å². The minimum absolute atomic E-state index is 0.0178. The Kier molecular flexibility index (Phi) is 3.54. The SMILES string of the molecule is Fc1cccc(F)c1CNc1cccnc1Cl. The van der Waals surface area contributed by atoms with Gasteiger partial charge in [0, 0.05) is 18.3 Å². The fourth-order valence-corrected chi connectivity index (χ4v) is 1.59. The number of rotatable bonds is 3. The molecule has 1 N–H and O–H groups in total. The van der Waals surface area contributed by atoms with E-state index in [0.29, 0.717) is 5.69 Å². The lowest BCUT2D eigenvalue weighted by atomic mass is 10.2. The van der Waals surface area contributed by atoms with Gasteiger partial charge in [0.25, 0.3) is 0 Å². The van der Waals surface area contributed by atoms with Crippen LogP contribution in [0.2, 0.25) is 5.15 Å². The number of nitrogens with zero attached hydrogens (tertiary/aromatic N) is 1. The van der Waals surface area contributed by atoms with Crippen molar-refractivity contribution >= 4 is 17.3 Å². The van der Waals surface area contributed by atoms with Crippen LogP contribution in [-0.4, -0.2) is 4.98 Å². The highest BCUT2D eigenvalue weighted by Crippen LogP contribution is 2.20. The molecule has 17 heavy (non-hydrogen) atoms. The molecule has 0 aliphatic heterocycles. The average Bonchev–Trinajstić information content (AvgIpc) is 2.30. The first-order valence-corrected chi connectivity index (χ1v) is 5.33. The van der Waals surface area contributed by atoms with Crippen LogP contribution in [0.25, 0.3) is 0 Å². The van der Waals surface area contributed by atoms with Crippen molar-refractivity contribution in [3.05, 3.63) is 58.9 Å². The highest BCUT2D eigenvalue weighted by molar-refractivity contribution is 6.31. The minimum atomic E-state index is -0.586. The molecule has 0 fully saturated rings. The molecule has 2 aromatic rings. The maximum atomic E-state index is 13.3. The van der Waals surface area contributed by atoms with Gasteiger partial charge in [0.2, 0.25) is 0 Å². The topological polar surface area (TPSA) is 24.9 Å². The summed E-state index contributed by atoms with van der Waals surface area (Å²) in [4.78, 5) is 3.85. The fourth-order valence-electron chi connectivity index (χ4n) is 1.40. The fraction of sp³-hybridized carbons (Fsp3) is 0.0833. The van der Waals surface area contributed by atoms with Crippen LogP contribution in [0.3, 0.4) is 0 Å². The monoisotopic (exact) mass is 254 g/mol. The van der Waals surface area contributed by atoms with Gasteiger partial charge in [-0.3, -0.25) is 0 Å². The molecule has 88 valence electrons. The summed E-state index contributed by atoms with van der Waals surface area (Å²) >= 11 is 5.81. The quantitative estimate of drug-likeness (QED) is 0.846. The Labute approximate surface area is 102 Å². The highest BCUT2D eigenvalue weighted by Gasteiger charge is 2.08. The van der Waals surface area contributed by atoms with Gasteiger partial charge in [-0.05, 0) is 24.3 Å². The van der Waals surface area contributed by atoms with Crippen molar-refractivity contribution in [1.82, 2.24) is 4.98 Å². The van der Waals surface area contributed by atoms with Crippen molar-refractivity contribution in [2.24, 2.45) is 0 Å². The molecule has 5 heteroatoms. The van der Waals surface area contributed by atoms with E-state index < -0.39 is 11.6 Å². The van der Waals surface area contributed by atoms with E-state index in [-0.39, 0.29) is 17.3 Å². The summed E-state index contributed by atoms with van der Waals surface area (Å²) in [6.07, 6.45) is 1.54. The first-order chi connectivity index (χ1) is 8.18. The van der Waals surface area contributed by atoms with Gasteiger partial charge in [-0.1, -0.05) is 17.7 Å². The van der Waals surface area contributed by atoms with Crippen LogP contribution in [0, 0.1) is 11.6 Å². The second kappa shape index (κ2) is 5.10. The average molecular weight is 255 g/mol. The van der Waals surface area contributed by atoms with Crippen LogP contribution in [0.1, 0.15) is 5.56 Å². The first kappa shape index (κ1) is 11.8. The molecule has 2 rings (SSSR count). The number of halogens is 3. The summed E-state index contributed by atoms with van der Waals surface area (Å²) in [5.74, 6) is -1.17. The second-order valence-corrected chi connectivity index (χ2v) is 3.75. The van der Waals surface area contributed by atoms with E-state index in [4.69, 9.17) is 11.6 Å². The maximum absolute atomic E-state index is 13.3. The largest absolute Gasteiger partial charge is 0.378 e. The minimum Gasteiger partial charge on any atom is -0.378 e. The van der Waals surface area contributed by atoms with Crippen LogP contribution in [-0.2, 0) is 6.54 Å². The maximum Gasteiger partial charge on any atom is 0.152 e. The number of nitrogens with one attached hydrogen (secondary N) is 1. The van der Waals surface area contributed by atoms with Gasteiger partial charge in [-0.25, -0.2) is 13.8 Å². The molecule has 0 saturated heterocycles. The lowest BCUT2D eigenvalue weighted by Crippen LogP contribution is -2.05. The lowest BCUT2D eigenvalue weighted by Gasteiger charge is -2.09. The number of aromatic nitrogens is 1. The molecule has 0 aliphatic rings. The predicted molar refractivity (Wildman–Crippen MR) is 62.9 cm³/mol. The Morgan fingerprint density at radius 1 is 1.12 bits per heavy atom. The molecular weight excluding hydrogens is 246 g/mol. The van der Waals surface area contributed by atoms with Gasteiger partial charge in [0.05, 0.1) is 5.69 Å². The van der Waals surface area contributed by atoms with E-state index in [9.17, 15) is 8.78 Å². The Morgan fingerprint density at radius 2 is 1.82 bits per heavy atom. The van der Waals surface area contributed by atoms with Crippen LogP contribution >= 0.6 is 11.6 Å². The molecule has 0 spiro atoms. The molecule has 0 amide bonds. The van der Waals surface area contributed by atoms with Gasteiger partial charge in [-0.2, -0.15) is 0 Å². The Hall–Kier alpha value is -1.68. The Balaban J connectivity index is 2.16. The summed E-state index contributed by atoms with van der Waals surface area (Å²) in [5, 5.41) is 3.10. The third kappa shape index (κ3) is 2.71. The summed E-state index contributed by atoms with van der Waals surface area (Å²) in [6.45, 7) is 0.0178. The van der Waals surface area contributed by atoms with Crippen LogP contribution in [0.5, 0.6) is 0 Å². The van der Waals surface area contributed by atoms with E-state index >= 15 is 0 Å². The molecule has 0 bridgehead atoms. The predicted octanol–water partition coefficient (Wildman–Crippen LogP) is 3.63. The number of pyridine rings is 1. The summed E-state index contributed by atoms with van der Waals surface area (Å²) in [6, 6.07) is 7.13. The van der Waals surface area contributed by atoms with E-state index in [1.807, 2.05) is 0 Å². The molecule has 0 aliphatic carbocycles. The zero-order valence-corrected chi connectivity index (χ0v) is 9.51. The molecule has 1 heterocycles. The van der Waals surface area contributed by atoms with Crippen molar-refractivity contribution in [2.45, 2.75) is 6.54 Å². The van der Waals surface area contributed by atoms with Crippen molar-refractivity contribution in [1.29, 1.82) is 0 Å². The molecule has 1 aromatic heterocycles. The summed E-state index contributed by atoms with van der Waals surface area (Å²) < 4.78 is 26.7. The number of benzene rings is 1. The second-order valence-electron chi connectivity index (χ2n) is 3.40. The van der Waals surface area contributed by atoms with Gasteiger partial charge in [-0.15, -0.1) is 0 Å². The highest BCUT2D eigenvalue weighted by atomic mass is 35.5. The normalized spacial score (nSPS) is 10.3. The van der Waals surface area contributed by atoms with Crippen molar-refractivity contribution in [2.75, 3.05) is 5.32 Å². The lowest BCUT2D eigenvalue weighted by molar-refractivity contribution is 0.560. The van der Waals surface area contributed by atoms with E-state index in [1.165, 1.54) is 24.4 Å². The van der Waals surface area contributed by atoms with Crippen LogP contribution in [0.4, 0.5) is 14.5 Å². The molecule has 0 saturated carbocycles. The third-order valence-electron chi connectivity index (χ3n) is 2.28. The molecule has 1 aromatic carbocycles. The van der Waals surface area contributed by atoms with Crippen molar-refractivity contribution in [3.63, 3.8) is 0 Å². The van der Waals surface area contributed by atoms with Gasteiger partial charge >= 0.3 is 0 Å². The summed E-state index contributed by atoms with van der Waals surface area (Å²) in [7, 11) is 0. The number of hydrogen-bond donors (Lipinski definition) is 1. The molecule has 2 nitrogen and oxygen atoms in total.